The standard InChI is InChI=1S/C33H48ClN7O7S/c1-5-13-33(2)18-21(19-35-30(42)43)10-16-41(33)32(45)40-20-24(22-11-14-39(15-12-22)49(4,46)47)17-26(40)29-37-27(28(34)38-29)23-6-8-25(9-7-23)36-31(44)48-3/h6-9,21-22,24,26,35H,5,10-20H2,1-4H3,(H,36,44)(H,37,38)(H,42,43)/t21?,24-,26-,33?/m0/s1. The molecule has 3 fully saturated rings. The highest BCUT2D eigenvalue weighted by molar-refractivity contribution is 7.88. The zero-order valence-corrected chi connectivity index (χ0v) is 30.1. The average molecular weight is 722 g/mol. The van der Waals surface area contributed by atoms with Gasteiger partial charge in [-0.2, -0.15) is 0 Å². The third-order valence-electron chi connectivity index (χ3n) is 10.5. The van der Waals surface area contributed by atoms with Crippen molar-refractivity contribution in [3.63, 3.8) is 0 Å². The fourth-order valence-corrected chi connectivity index (χ4v) is 9.17. The van der Waals surface area contributed by atoms with Crippen LogP contribution in [0.25, 0.3) is 11.3 Å². The summed E-state index contributed by atoms with van der Waals surface area (Å²) in [7, 11) is -1.97. The lowest BCUT2D eigenvalue weighted by atomic mass is 9.78. The van der Waals surface area contributed by atoms with E-state index in [0.29, 0.717) is 69.2 Å². The summed E-state index contributed by atoms with van der Waals surface area (Å²) in [4.78, 5) is 49.6. The van der Waals surface area contributed by atoms with Crippen LogP contribution in [-0.2, 0) is 14.8 Å². The lowest BCUT2D eigenvalue weighted by Crippen LogP contribution is -2.59. The molecular formula is C33H48ClN7O7S. The zero-order valence-electron chi connectivity index (χ0n) is 28.6. The van der Waals surface area contributed by atoms with Crippen LogP contribution >= 0.6 is 11.6 Å². The fourth-order valence-electron chi connectivity index (χ4n) is 8.05. The van der Waals surface area contributed by atoms with Gasteiger partial charge in [0.15, 0.2) is 5.15 Å². The Balaban J connectivity index is 1.42. The van der Waals surface area contributed by atoms with E-state index >= 15 is 0 Å². The SMILES string of the molecule is CCCC1(C)CC(CNC(=O)O)CCN1C(=O)N1C[C@@H](C2CCN(S(C)(=O)=O)CC2)C[C@H]1c1nc(Cl)c(-c2ccc(NC(=O)OC)cc2)[nH]1. The van der Waals surface area contributed by atoms with Gasteiger partial charge in [0.1, 0.15) is 5.82 Å². The quantitative estimate of drug-likeness (QED) is 0.259. The van der Waals surface area contributed by atoms with Gasteiger partial charge in [0.25, 0.3) is 0 Å². The van der Waals surface area contributed by atoms with Crippen LogP contribution in [0.3, 0.4) is 0 Å². The molecule has 2 aromatic rings. The number of aromatic amines is 1. The molecule has 4 amide bonds. The predicted octanol–water partition coefficient (Wildman–Crippen LogP) is 5.60. The largest absolute Gasteiger partial charge is 0.465 e. The van der Waals surface area contributed by atoms with Crippen molar-refractivity contribution < 1.29 is 32.6 Å². The van der Waals surface area contributed by atoms with E-state index in [9.17, 15) is 27.9 Å². The zero-order chi connectivity index (χ0) is 35.5. The van der Waals surface area contributed by atoms with Crippen molar-refractivity contribution in [1.82, 2.24) is 29.4 Å². The second-order valence-corrected chi connectivity index (χ2v) is 16.2. The highest BCUT2D eigenvalue weighted by Crippen LogP contribution is 2.45. The Morgan fingerprint density at radius 2 is 1.82 bits per heavy atom. The Kier molecular flexibility index (Phi) is 11.3. The molecule has 1 aromatic heterocycles. The van der Waals surface area contributed by atoms with Gasteiger partial charge in [0.2, 0.25) is 10.0 Å². The maximum Gasteiger partial charge on any atom is 0.411 e. The first-order valence-corrected chi connectivity index (χ1v) is 19.2. The van der Waals surface area contributed by atoms with Crippen LogP contribution in [0.4, 0.5) is 20.1 Å². The van der Waals surface area contributed by atoms with Gasteiger partial charge in [0.05, 0.1) is 25.1 Å². The second kappa shape index (κ2) is 15.1. The number of urea groups is 1. The summed E-state index contributed by atoms with van der Waals surface area (Å²) in [6.07, 6.45) is 4.75. The molecule has 3 saturated heterocycles. The lowest BCUT2D eigenvalue weighted by Gasteiger charge is -2.49. The molecule has 0 aliphatic carbocycles. The van der Waals surface area contributed by atoms with Gasteiger partial charge in [-0.25, -0.2) is 32.1 Å². The molecule has 3 aliphatic rings. The number of hydrogen-bond acceptors (Lipinski definition) is 7. The van der Waals surface area contributed by atoms with Gasteiger partial charge in [-0.3, -0.25) is 5.32 Å². The number of imidazole rings is 1. The molecule has 0 bridgehead atoms. The summed E-state index contributed by atoms with van der Waals surface area (Å²) in [5, 5.41) is 14.6. The first-order chi connectivity index (χ1) is 23.2. The number of aromatic nitrogens is 2. The number of methoxy groups -OCH3 is 1. The molecule has 4 atom stereocenters. The molecule has 270 valence electrons. The van der Waals surface area contributed by atoms with Crippen LogP contribution in [0.1, 0.15) is 70.7 Å². The number of halogens is 1. The number of ether oxygens (including phenoxy) is 1. The molecule has 1 aromatic carbocycles. The molecule has 5 rings (SSSR count). The Hall–Kier alpha value is -3.56. The number of sulfonamides is 1. The van der Waals surface area contributed by atoms with Crippen molar-refractivity contribution in [3.05, 3.63) is 35.2 Å². The Morgan fingerprint density at radius 1 is 1.12 bits per heavy atom. The predicted molar refractivity (Wildman–Crippen MR) is 186 cm³/mol. The molecule has 0 saturated carbocycles. The summed E-state index contributed by atoms with van der Waals surface area (Å²) >= 11 is 6.72. The number of carbonyl (C=O) groups excluding carboxylic acids is 2. The number of H-pyrrole nitrogens is 1. The molecule has 3 aliphatic heterocycles. The van der Waals surface area contributed by atoms with Crippen molar-refractivity contribution in [2.24, 2.45) is 17.8 Å². The number of anilines is 1. The van der Waals surface area contributed by atoms with Crippen LogP contribution in [0.5, 0.6) is 0 Å². The number of likely N-dealkylation sites (tertiary alicyclic amines) is 2. The summed E-state index contributed by atoms with van der Waals surface area (Å²) in [5.41, 5.74) is 1.46. The van der Waals surface area contributed by atoms with Crippen molar-refractivity contribution in [3.8, 4) is 11.3 Å². The number of piperidine rings is 2. The molecule has 16 heteroatoms. The van der Waals surface area contributed by atoms with Crippen LogP contribution in [-0.4, -0.2) is 107 Å². The molecule has 0 radical (unpaired) electrons. The number of rotatable bonds is 9. The summed E-state index contributed by atoms with van der Waals surface area (Å²) in [6.45, 7) is 6.49. The van der Waals surface area contributed by atoms with Crippen LogP contribution in [0.2, 0.25) is 5.15 Å². The van der Waals surface area contributed by atoms with Gasteiger partial charge in [0, 0.05) is 49.5 Å². The van der Waals surface area contributed by atoms with Gasteiger partial charge < -0.3 is 29.9 Å². The third-order valence-corrected chi connectivity index (χ3v) is 12.1. The highest BCUT2D eigenvalue weighted by atomic mass is 35.5. The molecule has 4 N–H and O–H groups in total. The Bertz CT molecular complexity index is 1610. The molecule has 14 nitrogen and oxygen atoms in total. The number of hydrogen-bond donors (Lipinski definition) is 4. The van der Waals surface area contributed by atoms with Crippen LogP contribution < -0.4 is 10.6 Å². The summed E-state index contributed by atoms with van der Waals surface area (Å²) < 4.78 is 30.6. The smallest absolute Gasteiger partial charge is 0.411 e. The minimum absolute atomic E-state index is 0.0750. The topological polar surface area (TPSA) is 177 Å². The Labute approximate surface area is 292 Å². The maximum atomic E-state index is 14.7. The fraction of sp³-hybridized carbons (Fsp3) is 0.636. The van der Waals surface area contributed by atoms with E-state index in [2.05, 4.69) is 34.2 Å². The van der Waals surface area contributed by atoms with E-state index in [0.717, 1.165) is 31.2 Å². The molecule has 0 spiro atoms. The summed E-state index contributed by atoms with van der Waals surface area (Å²) in [5.74, 6) is 1.09. The van der Waals surface area contributed by atoms with Gasteiger partial charge in [-0.05, 0) is 75.3 Å². The van der Waals surface area contributed by atoms with Crippen LogP contribution in [0, 0.1) is 17.8 Å². The van der Waals surface area contributed by atoms with E-state index in [1.165, 1.54) is 17.7 Å². The van der Waals surface area contributed by atoms with Crippen LogP contribution in [0.15, 0.2) is 24.3 Å². The number of nitrogens with one attached hydrogen (secondary N) is 3. The molecule has 49 heavy (non-hydrogen) atoms. The van der Waals surface area contributed by atoms with Gasteiger partial charge >= 0.3 is 18.2 Å². The van der Waals surface area contributed by atoms with Crippen molar-refractivity contribution in [1.29, 1.82) is 0 Å². The normalized spacial score (nSPS) is 25.3. The molecule has 4 heterocycles. The van der Waals surface area contributed by atoms with Gasteiger partial charge in [-0.1, -0.05) is 37.1 Å². The van der Waals surface area contributed by atoms with E-state index in [-0.39, 0.29) is 35.0 Å². The van der Waals surface area contributed by atoms with E-state index in [1.54, 1.807) is 12.1 Å². The minimum Gasteiger partial charge on any atom is -0.465 e. The molecule has 2 unspecified atom stereocenters. The maximum absolute atomic E-state index is 14.7. The number of carbonyl (C=O) groups is 3. The van der Waals surface area contributed by atoms with Crippen molar-refractivity contribution >= 4 is 45.5 Å². The first-order valence-electron chi connectivity index (χ1n) is 16.9. The number of nitrogens with zero attached hydrogens (tertiary/aromatic N) is 4. The highest BCUT2D eigenvalue weighted by Gasteiger charge is 2.48. The minimum atomic E-state index is -3.27. The van der Waals surface area contributed by atoms with Gasteiger partial charge in [-0.15, -0.1) is 0 Å². The number of amides is 4. The third kappa shape index (κ3) is 8.43. The Morgan fingerprint density at radius 3 is 2.43 bits per heavy atom. The van der Waals surface area contributed by atoms with E-state index < -0.39 is 27.7 Å². The van der Waals surface area contributed by atoms with E-state index in [4.69, 9.17) is 16.6 Å². The molecular weight excluding hydrogens is 674 g/mol. The number of carboxylic acid groups (broad SMARTS) is 1. The second-order valence-electron chi connectivity index (χ2n) is 13.9. The van der Waals surface area contributed by atoms with Crippen molar-refractivity contribution in [2.75, 3.05) is 51.4 Å². The number of benzene rings is 1. The average Bonchev–Trinajstić information content (AvgIpc) is 3.67. The monoisotopic (exact) mass is 721 g/mol. The first kappa shape index (κ1) is 36.7. The summed E-state index contributed by atoms with van der Waals surface area (Å²) in [6, 6.07) is 6.63. The lowest BCUT2D eigenvalue weighted by molar-refractivity contribution is 0.0347. The van der Waals surface area contributed by atoms with E-state index in [1.807, 2.05) is 21.9 Å². The van der Waals surface area contributed by atoms with Crippen molar-refractivity contribution in [2.45, 2.75) is 70.4 Å².